The maximum absolute atomic E-state index is 12.8. The number of nitrogens with one attached hydrogen (secondary N) is 1. The van der Waals surface area contributed by atoms with Crippen LogP contribution in [0.3, 0.4) is 0 Å². The van der Waals surface area contributed by atoms with Crippen LogP contribution in [0.25, 0.3) is 11.4 Å². The molecule has 1 heterocycles. The highest BCUT2D eigenvalue weighted by atomic mass is 32.2. The highest BCUT2D eigenvalue weighted by Gasteiger charge is 2.33. The van der Waals surface area contributed by atoms with Crippen LogP contribution in [0.15, 0.2) is 52.5 Å². The first-order chi connectivity index (χ1) is 14.3. The summed E-state index contributed by atoms with van der Waals surface area (Å²) in [6, 6.07) is 10.2. The Hall–Kier alpha value is -2.88. The van der Waals surface area contributed by atoms with Crippen molar-refractivity contribution >= 4 is 17.4 Å². The third kappa shape index (κ3) is 5.38. The molecule has 3 aromatic rings. The van der Waals surface area contributed by atoms with E-state index in [0.717, 1.165) is 48.7 Å². The number of nitro groups is 1. The molecule has 0 spiro atoms. The zero-order chi connectivity index (χ0) is 21.7. The molecule has 0 saturated heterocycles. The molecule has 0 atom stereocenters. The molecule has 6 nitrogen and oxygen atoms in total. The number of aromatic nitrogens is 3. The topological polar surface area (TPSA) is 84.7 Å². The van der Waals surface area contributed by atoms with Crippen molar-refractivity contribution in [3.05, 3.63) is 63.7 Å². The van der Waals surface area contributed by atoms with E-state index in [0.29, 0.717) is 11.9 Å². The smallest absolute Gasteiger partial charge is 0.258 e. The molecule has 3 rings (SSSR count). The average Bonchev–Trinajstić information content (AvgIpc) is 3.16. The molecule has 0 bridgehead atoms. The Morgan fingerprint density at radius 3 is 2.50 bits per heavy atom. The van der Waals surface area contributed by atoms with Crippen LogP contribution in [0.1, 0.15) is 37.3 Å². The molecule has 0 amide bonds. The third-order valence-electron chi connectivity index (χ3n) is 4.45. The Labute approximate surface area is 175 Å². The minimum Gasteiger partial charge on any atom is -0.258 e. The molecule has 0 unspecified atom stereocenters. The third-order valence-corrected chi connectivity index (χ3v) is 5.38. The predicted octanol–water partition coefficient (Wildman–Crippen LogP) is 6.28. The Balaban J connectivity index is 1.76. The molecular formula is C20H19F3N4O2S. The lowest BCUT2D eigenvalue weighted by Crippen LogP contribution is -2.05. The number of H-pyrrole nitrogens is 1. The summed E-state index contributed by atoms with van der Waals surface area (Å²) in [5.41, 5.74) is 0.308. The lowest BCUT2D eigenvalue weighted by molar-refractivity contribution is -0.388. The largest absolute Gasteiger partial charge is 0.416 e. The van der Waals surface area contributed by atoms with Crippen LogP contribution in [0, 0.1) is 10.1 Å². The number of rotatable bonds is 8. The minimum absolute atomic E-state index is 0.0322. The molecule has 30 heavy (non-hydrogen) atoms. The molecule has 0 radical (unpaired) electrons. The lowest BCUT2D eigenvalue weighted by Gasteiger charge is -2.07. The van der Waals surface area contributed by atoms with Gasteiger partial charge in [0.15, 0.2) is 5.82 Å². The number of alkyl halides is 3. The fraction of sp³-hybridized carbons (Fsp3) is 0.300. The van der Waals surface area contributed by atoms with Crippen LogP contribution in [-0.4, -0.2) is 20.1 Å². The summed E-state index contributed by atoms with van der Waals surface area (Å²) in [7, 11) is 0. The van der Waals surface area contributed by atoms with Crippen LogP contribution in [0.2, 0.25) is 0 Å². The quantitative estimate of drug-likeness (QED) is 0.255. The molecule has 0 aliphatic rings. The maximum atomic E-state index is 12.8. The number of halogens is 3. The van der Waals surface area contributed by atoms with Crippen LogP contribution in [0.5, 0.6) is 0 Å². The van der Waals surface area contributed by atoms with Gasteiger partial charge in [0.25, 0.3) is 5.69 Å². The van der Waals surface area contributed by atoms with E-state index in [1.807, 2.05) is 24.3 Å². The van der Waals surface area contributed by atoms with Gasteiger partial charge in [-0.1, -0.05) is 44.0 Å². The number of aryl methyl sites for hydroxylation is 1. The standard InChI is InChI=1S/C20H19F3N4O2S/c1-2-3-4-5-13-6-8-14(9-7-13)18-24-19(26-25-18)30-17-11-10-15(20(21,22)23)12-16(17)27(28)29/h6-12H,2-5H2,1H3,(H,24,25,26). The summed E-state index contributed by atoms with van der Waals surface area (Å²) >= 11 is 0.832. The fourth-order valence-electron chi connectivity index (χ4n) is 2.85. The Bertz CT molecular complexity index is 1020. The van der Waals surface area contributed by atoms with Crippen molar-refractivity contribution in [2.75, 3.05) is 0 Å². The van der Waals surface area contributed by atoms with E-state index in [2.05, 4.69) is 22.1 Å². The molecule has 0 fully saturated rings. The minimum atomic E-state index is -4.66. The van der Waals surface area contributed by atoms with Crippen LogP contribution in [-0.2, 0) is 12.6 Å². The van der Waals surface area contributed by atoms with Gasteiger partial charge in [0.05, 0.1) is 15.4 Å². The van der Waals surface area contributed by atoms with Crippen molar-refractivity contribution in [1.82, 2.24) is 15.2 Å². The predicted molar refractivity (Wildman–Crippen MR) is 107 cm³/mol. The molecule has 1 N–H and O–H groups in total. The molecule has 10 heteroatoms. The van der Waals surface area contributed by atoms with Gasteiger partial charge in [-0.05, 0) is 42.3 Å². The van der Waals surface area contributed by atoms with E-state index < -0.39 is 22.4 Å². The van der Waals surface area contributed by atoms with Gasteiger partial charge in [0.2, 0.25) is 5.16 Å². The van der Waals surface area contributed by atoms with Gasteiger partial charge < -0.3 is 0 Å². The van der Waals surface area contributed by atoms with Crippen molar-refractivity contribution in [3.8, 4) is 11.4 Å². The summed E-state index contributed by atoms with van der Waals surface area (Å²) in [4.78, 5) is 14.7. The molecule has 158 valence electrons. The number of hydrogen-bond donors (Lipinski definition) is 1. The number of nitro benzene ring substituents is 1. The number of unbranched alkanes of at least 4 members (excludes halogenated alkanes) is 2. The number of aromatic amines is 1. The Morgan fingerprint density at radius 1 is 1.13 bits per heavy atom. The van der Waals surface area contributed by atoms with Gasteiger partial charge in [0.1, 0.15) is 0 Å². The second-order valence-corrected chi connectivity index (χ2v) is 7.67. The summed E-state index contributed by atoms with van der Waals surface area (Å²) in [6.45, 7) is 2.15. The second-order valence-electron chi connectivity index (χ2n) is 6.66. The molecule has 0 saturated carbocycles. The van der Waals surface area contributed by atoms with Gasteiger partial charge in [-0.3, -0.25) is 15.2 Å². The number of nitrogens with zero attached hydrogens (tertiary/aromatic N) is 3. The van der Waals surface area contributed by atoms with Crippen LogP contribution < -0.4 is 0 Å². The van der Waals surface area contributed by atoms with Gasteiger partial charge >= 0.3 is 6.18 Å². The monoisotopic (exact) mass is 436 g/mol. The van der Waals surface area contributed by atoms with Gasteiger partial charge in [0, 0.05) is 11.6 Å². The second kappa shape index (κ2) is 9.29. The van der Waals surface area contributed by atoms with Crippen molar-refractivity contribution in [1.29, 1.82) is 0 Å². The van der Waals surface area contributed by atoms with E-state index in [9.17, 15) is 23.3 Å². The zero-order valence-corrected chi connectivity index (χ0v) is 16.9. The molecule has 2 aromatic carbocycles. The summed E-state index contributed by atoms with van der Waals surface area (Å²) < 4.78 is 38.5. The van der Waals surface area contributed by atoms with Gasteiger partial charge in [-0.25, -0.2) is 4.98 Å². The molecular weight excluding hydrogens is 417 g/mol. The zero-order valence-electron chi connectivity index (χ0n) is 16.1. The van der Waals surface area contributed by atoms with E-state index >= 15 is 0 Å². The summed E-state index contributed by atoms with van der Waals surface area (Å²) in [5.74, 6) is 0.479. The highest BCUT2D eigenvalue weighted by Crippen LogP contribution is 2.38. The average molecular weight is 436 g/mol. The molecule has 0 aliphatic carbocycles. The first kappa shape index (κ1) is 21.8. The van der Waals surface area contributed by atoms with Crippen molar-refractivity contribution in [2.45, 2.75) is 48.8 Å². The van der Waals surface area contributed by atoms with Gasteiger partial charge in [-0.2, -0.15) is 13.2 Å². The lowest BCUT2D eigenvalue weighted by atomic mass is 10.1. The van der Waals surface area contributed by atoms with Crippen molar-refractivity contribution in [3.63, 3.8) is 0 Å². The summed E-state index contributed by atoms with van der Waals surface area (Å²) in [5, 5.41) is 18.2. The van der Waals surface area contributed by atoms with Crippen molar-refractivity contribution in [2.24, 2.45) is 0 Å². The number of hydrogen-bond acceptors (Lipinski definition) is 5. The normalized spacial score (nSPS) is 11.6. The Kier molecular flexibility index (Phi) is 6.76. The van der Waals surface area contributed by atoms with E-state index in [4.69, 9.17) is 0 Å². The number of benzene rings is 2. The van der Waals surface area contributed by atoms with Crippen LogP contribution >= 0.6 is 11.8 Å². The fourth-order valence-corrected chi connectivity index (χ4v) is 3.65. The van der Waals surface area contributed by atoms with Gasteiger partial charge in [-0.15, -0.1) is 5.10 Å². The molecule has 0 aliphatic heterocycles. The maximum Gasteiger partial charge on any atom is 0.416 e. The van der Waals surface area contributed by atoms with Crippen LogP contribution in [0.4, 0.5) is 18.9 Å². The SMILES string of the molecule is CCCCCc1ccc(-c2nc(Sc3ccc(C(F)(F)F)cc3[N+](=O)[O-])n[nH]2)cc1. The first-order valence-corrected chi connectivity index (χ1v) is 10.1. The van der Waals surface area contributed by atoms with Crippen molar-refractivity contribution < 1.29 is 18.1 Å². The first-order valence-electron chi connectivity index (χ1n) is 9.33. The Morgan fingerprint density at radius 2 is 1.87 bits per heavy atom. The summed E-state index contributed by atoms with van der Waals surface area (Å²) in [6.07, 6.45) is -0.184. The van der Waals surface area contributed by atoms with E-state index in [-0.39, 0.29) is 10.1 Å². The van der Waals surface area contributed by atoms with E-state index in [1.165, 1.54) is 12.0 Å². The van der Waals surface area contributed by atoms with E-state index in [1.54, 1.807) is 0 Å². The highest BCUT2D eigenvalue weighted by molar-refractivity contribution is 7.99. The molecule has 1 aromatic heterocycles.